The average molecular weight is 1710 g/mol. The maximum atomic E-state index is 15.9. The van der Waals surface area contributed by atoms with Crippen molar-refractivity contribution in [2.75, 3.05) is 79.1 Å². The fourth-order valence-electron chi connectivity index (χ4n) is 15.7. The van der Waals surface area contributed by atoms with Gasteiger partial charge in [0.25, 0.3) is 35.4 Å². The van der Waals surface area contributed by atoms with Gasteiger partial charge in [-0.05, 0) is 158 Å². The Morgan fingerprint density at radius 2 is 0.935 bits per heavy atom. The number of aromatic nitrogens is 2. The van der Waals surface area contributed by atoms with Crippen molar-refractivity contribution in [3.05, 3.63) is 227 Å². The van der Waals surface area contributed by atoms with Gasteiger partial charge >= 0.3 is 18.3 Å². The fraction of sp³-hybridized carbons (Fsp3) is 0.326. The summed E-state index contributed by atoms with van der Waals surface area (Å²) in [5.74, 6) is -9.99. The SMILES string of the molecule is C[C@@H]1CN(c2ccc(-c3ccc(C(=O)CCCNc4cccc5c4C(=O)N(C4CCC(=O)NC4=O)C5=O)cc3F)cc2NC(=O)c2c[nH]c(=O)cc2C(F)(F)F)C[C@H](C)N1C.C[C@@H]1CN(c2ccc(-c3ccc(C(=O)O)cc3F)cc2NC(=O)c2c[nH]c(=O)cc2C(F)(F)F)C[C@H](C)N1C.NCCCc1cccc2c1C(=O)N(C1CCC(=O)NC1=O)C2=O. The van der Waals surface area contributed by atoms with Gasteiger partial charge in [0.05, 0.1) is 72.8 Å². The monoisotopic (exact) mass is 1700 g/mol. The molecule has 123 heavy (non-hydrogen) atoms. The predicted octanol–water partition coefficient (Wildman–Crippen LogP) is 10.1. The van der Waals surface area contributed by atoms with E-state index in [9.17, 15) is 97.9 Å². The minimum absolute atomic E-state index is 0.0123. The number of carboxylic acids is 1. The van der Waals surface area contributed by atoms with Gasteiger partial charge in [-0.1, -0.05) is 48.5 Å². The highest BCUT2D eigenvalue weighted by molar-refractivity contribution is 6.26. The van der Waals surface area contributed by atoms with Gasteiger partial charge in [0.2, 0.25) is 34.7 Å². The summed E-state index contributed by atoms with van der Waals surface area (Å²) in [5, 5.41) is 21.6. The molecular formula is C86H84F8N14O15. The number of hydrogen-bond acceptors (Lipinski definition) is 20. The lowest BCUT2D eigenvalue weighted by Gasteiger charge is -2.44. The second kappa shape index (κ2) is 36.5. The van der Waals surface area contributed by atoms with Crippen molar-refractivity contribution in [3.8, 4) is 22.3 Å². The van der Waals surface area contributed by atoms with Crippen molar-refractivity contribution >= 4 is 99.3 Å². The molecule has 6 atom stereocenters. The van der Waals surface area contributed by atoms with Crippen LogP contribution in [0, 0.1) is 11.6 Å². The van der Waals surface area contributed by atoms with E-state index in [4.69, 9.17) is 10.8 Å². The molecule has 14 rings (SSSR count). The lowest BCUT2D eigenvalue weighted by Crippen LogP contribution is -2.55. The highest BCUT2D eigenvalue weighted by Gasteiger charge is 2.48. The summed E-state index contributed by atoms with van der Waals surface area (Å²) in [4.78, 5) is 188. The van der Waals surface area contributed by atoms with Crippen molar-refractivity contribution in [2.24, 2.45) is 5.73 Å². The number of carboxylic acid groups (broad SMARTS) is 1. The minimum Gasteiger partial charge on any atom is -0.478 e. The number of nitrogens with zero attached hydrogens (tertiary/aromatic N) is 6. The maximum Gasteiger partial charge on any atom is 0.417 e. The molecule has 6 aliphatic heterocycles. The van der Waals surface area contributed by atoms with Crippen LogP contribution < -0.4 is 53.2 Å². The fourth-order valence-corrected chi connectivity index (χ4v) is 15.7. The van der Waals surface area contributed by atoms with Gasteiger partial charge in [-0.2, -0.15) is 26.3 Å². The molecule has 644 valence electrons. The summed E-state index contributed by atoms with van der Waals surface area (Å²) in [7, 11) is 3.96. The molecule has 10 amide bonds. The molecule has 0 spiro atoms. The third kappa shape index (κ3) is 19.2. The molecule has 0 bridgehead atoms. The Morgan fingerprint density at radius 1 is 0.504 bits per heavy atom. The Labute approximate surface area is 696 Å². The zero-order valence-electron chi connectivity index (χ0n) is 67.0. The number of nitrogens with one attached hydrogen (secondary N) is 7. The number of aromatic carboxylic acids is 1. The molecule has 2 unspecified atom stereocenters. The number of aryl methyl sites for hydroxylation is 1. The lowest BCUT2D eigenvalue weighted by molar-refractivity contribution is -0.138. The first-order valence-corrected chi connectivity index (χ1v) is 39.2. The molecular weight excluding hydrogens is 1620 g/mol. The van der Waals surface area contributed by atoms with Crippen LogP contribution in [0.2, 0.25) is 0 Å². The first-order valence-electron chi connectivity index (χ1n) is 39.2. The van der Waals surface area contributed by atoms with Gasteiger partial charge in [-0.3, -0.25) is 92.6 Å². The number of piperazine rings is 2. The van der Waals surface area contributed by atoms with Gasteiger partial charge in [0.15, 0.2) is 5.78 Å². The van der Waals surface area contributed by atoms with E-state index in [1.54, 1.807) is 54.6 Å². The summed E-state index contributed by atoms with van der Waals surface area (Å²) in [5.41, 5.74) is 2.73. The number of H-pyrrole nitrogens is 2. The number of nitrogens with two attached hydrogens (primary N) is 1. The number of pyridine rings is 2. The van der Waals surface area contributed by atoms with Crippen LogP contribution >= 0.6 is 0 Å². The Bertz CT molecular complexity index is 5730. The van der Waals surface area contributed by atoms with Crippen molar-refractivity contribution in [2.45, 2.75) is 128 Å². The minimum atomic E-state index is -5.00. The highest BCUT2D eigenvalue weighted by atomic mass is 19.4. The third-order valence-electron chi connectivity index (χ3n) is 22.5. The molecule has 8 heterocycles. The van der Waals surface area contributed by atoms with Crippen molar-refractivity contribution in [1.82, 2.24) is 40.2 Å². The molecule has 29 nitrogen and oxygen atoms in total. The van der Waals surface area contributed by atoms with Crippen LogP contribution in [-0.2, 0) is 38.0 Å². The number of carbonyl (C=O) groups is 12. The standard InChI is InChI=1S/C43H41F4N7O7.C27H26F4N4O4.C16H17N3O4/c1-22-20-53(21-23(2)52(22)3)33-12-10-24(17-32(33)50-39(58)28-19-49-37(57)18-29(28)43(45,46)47)26-11-9-25(16-30(26)44)35(55)8-5-15-48-31-7-4-6-27-38(31)42(61)54(41(27)60)34-13-14-36(56)51-40(34)59;1-14-12-35(13-15(2)34(14)3)23-7-5-16(18-6-4-17(26(38)39)8-21(18)28)9-22(23)33-25(37)19-11-32-24(36)10-20(19)27(29,30)31;17-8-2-4-9-3-1-5-10-13(9)16(23)19(15(10)22)11-6-7-12(20)18-14(11)21/h4,6-7,9-12,16-19,22-23,34,48H,5,8,13-15,20-21H2,1-3H3,(H,49,57)(H,50,58)(H,51,56,59);4-11,14-15H,12-13H2,1-3H3,(H,32,36)(H,33,37)(H,38,39);1,3,5,11H,2,4,6-8,17H2,(H,18,20,21)/t22-,23+,34?;14-,15+;. The molecule has 0 aliphatic carbocycles. The normalized spacial score (nSPS) is 19.3. The topological polar surface area (TPSA) is 396 Å². The number of anilines is 5. The van der Waals surface area contributed by atoms with E-state index in [0.717, 1.165) is 27.5 Å². The van der Waals surface area contributed by atoms with E-state index >= 15 is 4.39 Å². The quantitative estimate of drug-likeness (QED) is 0.0148. The Balaban J connectivity index is 0.000000189. The first-order chi connectivity index (χ1) is 58.2. The van der Waals surface area contributed by atoms with E-state index in [1.807, 2.05) is 51.6 Å². The molecule has 10 N–H and O–H groups in total. The summed E-state index contributed by atoms with van der Waals surface area (Å²) >= 11 is 0. The summed E-state index contributed by atoms with van der Waals surface area (Å²) in [6, 6.07) is 25.4. The number of aromatic amines is 2. The number of alkyl halides is 6. The van der Waals surface area contributed by atoms with E-state index in [2.05, 4.69) is 46.4 Å². The van der Waals surface area contributed by atoms with Crippen LogP contribution in [-0.4, -0.2) is 195 Å². The second-order valence-electron chi connectivity index (χ2n) is 30.7. The number of piperidine rings is 2. The average Bonchev–Trinajstić information content (AvgIpc) is 1.60. The molecule has 0 saturated carbocycles. The number of fused-ring (bicyclic) bond motifs is 2. The number of hydrogen-bond donors (Lipinski definition) is 9. The van der Waals surface area contributed by atoms with Crippen LogP contribution in [0.25, 0.3) is 22.3 Å². The zero-order valence-corrected chi connectivity index (χ0v) is 67.0. The van der Waals surface area contributed by atoms with Crippen molar-refractivity contribution in [3.63, 3.8) is 0 Å². The Kier molecular flexibility index (Phi) is 26.4. The number of halogens is 8. The third-order valence-corrected chi connectivity index (χ3v) is 22.5. The summed E-state index contributed by atoms with van der Waals surface area (Å²) in [6.45, 7) is 10.9. The van der Waals surface area contributed by atoms with Crippen LogP contribution in [0.3, 0.4) is 0 Å². The molecule has 4 saturated heterocycles. The lowest BCUT2D eigenvalue weighted by atomic mass is 9.98. The predicted molar refractivity (Wildman–Crippen MR) is 434 cm³/mol. The molecule has 0 radical (unpaired) electrons. The van der Waals surface area contributed by atoms with E-state index in [1.165, 1.54) is 42.5 Å². The van der Waals surface area contributed by atoms with Gasteiger partial charge in [0, 0.05) is 123 Å². The number of imide groups is 4. The number of likely N-dealkylation sites (N-methyl/N-ethyl adjacent to an activating group) is 2. The number of benzene rings is 6. The van der Waals surface area contributed by atoms with E-state index in [-0.39, 0.29) is 137 Å². The Morgan fingerprint density at radius 3 is 1.37 bits per heavy atom. The van der Waals surface area contributed by atoms with Crippen LogP contribution in [0.15, 0.2) is 143 Å². The van der Waals surface area contributed by atoms with Crippen LogP contribution in [0.5, 0.6) is 0 Å². The van der Waals surface area contributed by atoms with Crippen LogP contribution in [0.4, 0.5) is 63.6 Å². The summed E-state index contributed by atoms with van der Waals surface area (Å²) in [6.07, 6.45) is -6.74. The van der Waals surface area contributed by atoms with Crippen molar-refractivity contribution in [1.29, 1.82) is 0 Å². The maximum absolute atomic E-state index is 15.9. The highest BCUT2D eigenvalue weighted by Crippen LogP contribution is 2.41. The molecule has 37 heteroatoms. The Hall–Kier alpha value is -13.4. The number of amides is 10. The molecule has 6 aliphatic rings. The molecule has 2 aromatic heterocycles. The van der Waals surface area contributed by atoms with Crippen LogP contribution in [0.1, 0.15) is 172 Å². The van der Waals surface area contributed by atoms with E-state index < -0.39 is 129 Å². The smallest absolute Gasteiger partial charge is 0.417 e. The van der Waals surface area contributed by atoms with Gasteiger partial charge in [-0.25, -0.2) is 13.6 Å². The second-order valence-corrected chi connectivity index (χ2v) is 30.7. The number of Topliss-reactive ketones (excluding diaryl/α,β-unsaturated/α-hetero) is 1. The summed E-state index contributed by atoms with van der Waals surface area (Å²) < 4.78 is 113. The number of rotatable bonds is 20. The van der Waals surface area contributed by atoms with Gasteiger partial charge in [-0.15, -0.1) is 0 Å². The van der Waals surface area contributed by atoms with Gasteiger partial charge in [0.1, 0.15) is 23.7 Å². The molecule has 6 aromatic carbocycles. The number of carbonyl (C=O) groups excluding carboxylic acids is 11. The first kappa shape index (κ1) is 88.9. The van der Waals surface area contributed by atoms with Gasteiger partial charge < -0.3 is 46.6 Å². The van der Waals surface area contributed by atoms with E-state index in [0.29, 0.717) is 98.3 Å². The molecule has 8 aromatic rings. The molecule has 4 fully saturated rings. The number of ketones is 1. The largest absolute Gasteiger partial charge is 0.478 e. The van der Waals surface area contributed by atoms with Crippen molar-refractivity contribution < 1.29 is 97.8 Å². The zero-order chi connectivity index (χ0) is 89.1.